The Kier molecular flexibility index (Phi) is 5.56. The highest BCUT2D eigenvalue weighted by Crippen LogP contribution is 2.41. The van der Waals surface area contributed by atoms with E-state index in [1.54, 1.807) is 36.5 Å². The van der Waals surface area contributed by atoms with Crippen molar-refractivity contribution in [3.05, 3.63) is 71.9 Å². The Morgan fingerprint density at radius 1 is 1.07 bits per heavy atom. The summed E-state index contributed by atoms with van der Waals surface area (Å²) in [6.45, 7) is 1.92. The zero-order valence-corrected chi connectivity index (χ0v) is 16.4. The number of benzene rings is 2. The van der Waals surface area contributed by atoms with Crippen LogP contribution in [0.5, 0.6) is 0 Å². The number of nitrogens with one attached hydrogen (secondary N) is 1. The Morgan fingerprint density at radius 3 is 2.59 bits per heavy atom. The van der Waals surface area contributed by atoms with Gasteiger partial charge in [0.05, 0.1) is 11.2 Å². The Hall–Kier alpha value is -2.82. The summed E-state index contributed by atoms with van der Waals surface area (Å²) in [6.07, 6.45) is 5.49. The molecular weight excluding hydrogens is 370 g/mol. The smallest absolute Gasteiger partial charge is 0.227 e. The molecule has 1 atom stereocenters. The number of nitrogens with zero attached hydrogens (tertiary/aromatic N) is 1. The summed E-state index contributed by atoms with van der Waals surface area (Å²) in [5, 5.41) is 3.59. The lowest BCUT2D eigenvalue weighted by Gasteiger charge is -2.32. The number of anilines is 1. The molecule has 0 saturated heterocycles. The fraction of sp³-hybridized carbons (Fsp3) is 0.333. The summed E-state index contributed by atoms with van der Waals surface area (Å²) in [7, 11) is 0. The lowest BCUT2D eigenvalue weighted by molar-refractivity contribution is -0.121. The van der Waals surface area contributed by atoms with Crippen LogP contribution in [0.15, 0.2) is 54.7 Å². The van der Waals surface area contributed by atoms with Crippen molar-refractivity contribution in [2.45, 2.75) is 38.5 Å². The molecule has 3 nitrogen and oxygen atoms in total. The molecule has 1 amide bonds. The SMILES string of the molecule is CC(C(=O)Nc1ccccc1F)C1CCC(c2ccnc3ccc(F)cc23)CC1. The van der Waals surface area contributed by atoms with Crippen LogP contribution in [0.1, 0.15) is 44.1 Å². The van der Waals surface area contributed by atoms with Gasteiger partial charge in [0.25, 0.3) is 0 Å². The van der Waals surface area contributed by atoms with E-state index in [2.05, 4.69) is 10.3 Å². The molecule has 2 aromatic carbocycles. The van der Waals surface area contributed by atoms with Gasteiger partial charge in [-0.2, -0.15) is 0 Å². The van der Waals surface area contributed by atoms with Crippen LogP contribution in [0, 0.1) is 23.5 Å². The molecule has 1 aromatic heterocycles. The van der Waals surface area contributed by atoms with Crippen molar-refractivity contribution in [3.63, 3.8) is 0 Å². The number of amides is 1. The summed E-state index contributed by atoms with van der Waals surface area (Å²) in [4.78, 5) is 16.9. The Bertz CT molecular complexity index is 1030. The quantitative estimate of drug-likeness (QED) is 0.584. The fourth-order valence-electron chi connectivity index (χ4n) is 4.45. The Balaban J connectivity index is 1.42. The number of aromatic nitrogens is 1. The summed E-state index contributed by atoms with van der Waals surface area (Å²) in [5.74, 6) is -0.423. The molecule has 1 saturated carbocycles. The molecule has 1 fully saturated rings. The molecule has 29 heavy (non-hydrogen) atoms. The molecule has 150 valence electrons. The fourth-order valence-corrected chi connectivity index (χ4v) is 4.45. The van der Waals surface area contributed by atoms with Crippen LogP contribution in [-0.2, 0) is 4.79 Å². The van der Waals surface area contributed by atoms with Crippen LogP contribution in [0.3, 0.4) is 0 Å². The van der Waals surface area contributed by atoms with Crippen molar-refractivity contribution < 1.29 is 13.6 Å². The normalized spacial score (nSPS) is 20.4. The number of hydrogen-bond donors (Lipinski definition) is 1. The Morgan fingerprint density at radius 2 is 1.83 bits per heavy atom. The first-order valence-corrected chi connectivity index (χ1v) is 10.1. The van der Waals surface area contributed by atoms with Gasteiger partial charge in [0.15, 0.2) is 0 Å². The van der Waals surface area contributed by atoms with E-state index < -0.39 is 5.82 Å². The number of carbonyl (C=O) groups excluding carboxylic acids is 1. The van der Waals surface area contributed by atoms with E-state index in [-0.39, 0.29) is 29.2 Å². The van der Waals surface area contributed by atoms with Crippen LogP contribution in [0.25, 0.3) is 10.9 Å². The standard InChI is InChI=1S/C24H24F2N2O/c1-15(24(29)28-23-5-3-2-4-21(23)26)16-6-8-17(9-7-16)19-12-13-27-22-11-10-18(25)14-20(19)22/h2-5,10-17H,6-9H2,1H3,(H,28,29). The van der Waals surface area contributed by atoms with Gasteiger partial charge in [-0.3, -0.25) is 9.78 Å². The predicted octanol–water partition coefficient (Wildman–Crippen LogP) is 6.06. The minimum absolute atomic E-state index is 0.144. The van der Waals surface area contributed by atoms with Crippen LogP contribution < -0.4 is 5.32 Å². The number of fused-ring (bicyclic) bond motifs is 1. The van der Waals surface area contributed by atoms with Crippen molar-refractivity contribution >= 4 is 22.5 Å². The monoisotopic (exact) mass is 394 g/mol. The van der Waals surface area contributed by atoms with Gasteiger partial charge in [0, 0.05) is 17.5 Å². The largest absolute Gasteiger partial charge is 0.323 e. The summed E-state index contributed by atoms with van der Waals surface area (Å²) in [6, 6.07) is 12.9. The van der Waals surface area contributed by atoms with Crippen LogP contribution in [-0.4, -0.2) is 10.9 Å². The first kappa shape index (κ1) is 19.5. The molecule has 0 aliphatic heterocycles. The second kappa shape index (κ2) is 8.27. The lowest BCUT2D eigenvalue weighted by atomic mass is 9.73. The molecule has 0 spiro atoms. The van der Waals surface area contributed by atoms with Gasteiger partial charge >= 0.3 is 0 Å². The number of pyridine rings is 1. The summed E-state index contributed by atoms with van der Waals surface area (Å²) >= 11 is 0. The van der Waals surface area contributed by atoms with Gasteiger partial charge < -0.3 is 5.32 Å². The zero-order valence-electron chi connectivity index (χ0n) is 16.4. The first-order valence-electron chi connectivity index (χ1n) is 10.1. The molecule has 1 heterocycles. The molecule has 1 aliphatic rings. The molecule has 0 bridgehead atoms. The molecular formula is C24H24F2N2O. The molecule has 1 aliphatic carbocycles. The third kappa shape index (κ3) is 4.14. The van der Waals surface area contributed by atoms with E-state index >= 15 is 0 Å². The van der Waals surface area contributed by atoms with Crippen LogP contribution in [0.4, 0.5) is 14.5 Å². The average molecular weight is 394 g/mol. The third-order valence-electron chi connectivity index (χ3n) is 6.20. The van der Waals surface area contributed by atoms with Crippen LogP contribution >= 0.6 is 0 Å². The Labute approximate surface area is 169 Å². The highest BCUT2D eigenvalue weighted by molar-refractivity contribution is 5.92. The number of para-hydroxylation sites is 1. The summed E-state index contributed by atoms with van der Waals surface area (Å²) < 4.78 is 27.6. The zero-order chi connectivity index (χ0) is 20.4. The maximum atomic E-state index is 13.8. The second-order valence-corrected chi connectivity index (χ2v) is 7.93. The van der Waals surface area contributed by atoms with E-state index in [1.165, 1.54) is 12.1 Å². The molecule has 0 radical (unpaired) electrons. The molecule has 4 rings (SSSR count). The van der Waals surface area contributed by atoms with E-state index in [0.717, 1.165) is 42.1 Å². The number of halogens is 2. The second-order valence-electron chi connectivity index (χ2n) is 7.93. The molecule has 1 N–H and O–H groups in total. The van der Waals surface area contributed by atoms with Crippen molar-refractivity contribution in [2.75, 3.05) is 5.32 Å². The van der Waals surface area contributed by atoms with Gasteiger partial charge in [-0.05, 0) is 79.5 Å². The highest BCUT2D eigenvalue weighted by atomic mass is 19.1. The summed E-state index contributed by atoms with van der Waals surface area (Å²) in [5.41, 5.74) is 2.17. The topological polar surface area (TPSA) is 42.0 Å². The van der Waals surface area contributed by atoms with Crippen molar-refractivity contribution in [1.82, 2.24) is 4.98 Å². The van der Waals surface area contributed by atoms with Gasteiger partial charge in [-0.15, -0.1) is 0 Å². The van der Waals surface area contributed by atoms with Gasteiger partial charge in [0.2, 0.25) is 5.91 Å². The van der Waals surface area contributed by atoms with Crippen molar-refractivity contribution in [3.8, 4) is 0 Å². The molecule has 3 aromatic rings. The van der Waals surface area contributed by atoms with Crippen molar-refractivity contribution in [2.24, 2.45) is 11.8 Å². The van der Waals surface area contributed by atoms with Gasteiger partial charge in [-0.1, -0.05) is 19.1 Å². The van der Waals surface area contributed by atoms with E-state index in [9.17, 15) is 13.6 Å². The predicted molar refractivity (Wildman–Crippen MR) is 111 cm³/mol. The maximum Gasteiger partial charge on any atom is 0.227 e. The van der Waals surface area contributed by atoms with Gasteiger partial charge in [-0.25, -0.2) is 8.78 Å². The number of rotatable bonds is 4. The lowest BCUT2D eigenvalue weighted by Crippen LogP contribution is -2.30. The minimum Gasteiger partial charge on any atom is -0.323 e. The third-order valence-corrected chi connectivity index (χ3v) is 6.20. The number of carbonyl (C=O) groups is 1. The van der Waals surface area contributed by atoms with Crippen molar-refractivity contribution in [1.29, 1.82) is 0 Å². The molecule has 1 unspecified atom stereocenters. The minimum atomic E-state index is -0.423. The number of hydrogen-bond acceptors (Lipinski definition) is 2. The van der Waals surface area contributed by atoms with Crippen LogP contribution in [0.2, 0.25) is 0 Å². The highest BCUT2D eigenvalue weighted by Gasteiger charge is 2.30. The van der Waals surface area contributed by atoms with E-state index in [0.29, 0.717) is 5.92 Å². The molecule has 5 heteroatoms. The maximum absolute atomic E-state index is 13.8. The first-order chi connectivity index (χ1) is 14.0. The van der Waals surface area contributed by atoms with E-state index in [4.69, 9.17) is 0 Å². The van der Waals surface area contributed by atoms with Gasteiger partial charge in [0.1, 0.15) is 11.6 Å². The average Bonchev–Trinajstić information content (AvgIpc) is 2.74. The van der Waals surface area contributed by atoms with E-state index in [1.807, 2.05) is 13.0 Å².